The predicted octanol–water partition coefficient (Wildman–Crippen LogP) is 3.84. The normalized spacial score (nSPS) is 11.7. The van der Waals surface area contributed by atoms with E-state index in [4.69, 9.17) is 9.84 Å². The van der Waals surface area contributed by atoms with E-state index in [1.54, 1.807) is 0 Å². The molecule has 0 aliphatic heterocycles. The molecule has 0 aliphatic rings. The summed E-state index contributed by atoms with van der Waals surface area (Å²) in [5.41, 5.74) is 2.76. The summed E-state index contributed by atoms with van der Waals surface area (Å²) in [5, 5.41) is 9.07. The molecular weight excluding hydrogens is 240 g/mol. The average molecular weight is 264 g/mol. The first-order valence-corrected chi connectivity index (χ1v) is 6.64. The molecule has 0 radical (unpaired) electrons. The van der Waals surface area contributed by atoms with Crippen molar-refractivity contribution in [2.75, 3.05) is 0 Å². The zero-order chi connectivity index (χ0) is 14.8. The molecule has 0 spiro atoms. The molecule has 0 atom stereocenters. The van der Waals surface area contributed by atoms with Gasteiger partial charge >= 0.3 is 5.97 Å². The quantitative estimate of drug-likeness (QED) is 0.878. The largest absolute Gasteiger partial charge is 0.490 e. The number of aliphatic carboxylic acids is 1. The Bertz CT molecular complexity index is 473. The van der Waals surface area contributed by atoms with Crippen LogP contribution in [0.1, 0.15) is 50.8 Å². The lowest BCUT2D eigenvalue weighted by atomic mass is 9.79. The van der Waals surface area contributed by atoms with Gasteiger partial charge < -0.3 is 9.84 Å². The molecule has 0 saturated carbocycles. The highest BCUT2D eigenvalue weighted by Gasteiger charge is 2.29. The Morgan fingerprint density at radius 1 is 1.32 bits per heavy atom. The Kier molecular flexibility index (Phi) is 4.61. The van der Waals surface area contributed by atoms with Crippen LogP contribution >= 0.6 is 0 Å². The first-order chi connectivity index (χ1) is 8.65. The SMILES string of the molecule is Cc1ccc(C(C)(C)CC(=O)O)c(OC(C)C)c1C. The van der Waals surface area contributed by atoms with Gasteiger partial charge in [0.05, 0.1) is 12.5 Å². The van der Waals surface area contributed by atoms with Gasteiger partial charge in [-0.1, -0.05) is 26.0 Å². The van der Waals surface area contributed by atoms with Gasteiger partial charge in [-0.2, -0.15) is 0 Å². The van der Waals surface area contributed by atoms with Crippen molar-refractivity contribution in [3.63, 3.8) is 0 Å². The molecule has 106 valence electrons. The molecule has 0 fully saturated rings. The third kappa shape index (κ3) is 3.72. The van der Waals surface area contributed by atoms with E-state index in [0.717, 1.165) is 22.4 Å². The molecule has 1 aromatic rings. The molecule has 0 aliphatic carbocycles. The summed E-state index contributed by atoms with van der Waals surface area (Å²) >= 11 is 0. The minimum atomic E-state index is -0.793. The number of rotatable bonds is 5. The third-order valence-electron chi connectivity index (χ3n) is 3.35. The fourth-order valence-corrected chi connectivity index (χ4v) is 2.18. The number of ether oxygens (including phenoxy) is 1. The van der Waals surface area contributed by atoms with Crippen LogP contribution in [0.3, 0.4) is 0 Å². The highest BCUT2D eigenvalue weighted by molar-refractivity contribution is 5.69. The molecular formula is C16H24O3. The maximum absolute atomic E-state index is 11.0. The zero-order valence-corrected chi connectivity index (χ0v) is 12.7. The Balaban J connectivity index is 3.33. The van der Waals surface area contributed by atoms with Gasteiger partial charge in [0, 0.05) is 11.0 Å². The van der Waals surface area contributed by atoms with Gasteiger partial charge in [-0.05, 0) is 38.8 Å². The van der Waals surface area contributed by atoms with Gasteiger partial charge in [0.1, 0.15) is 5.75 Å². The van der Waals surface area contributed by atoms with Crippen molar-refractivity contribution in [2.45, 2.75) is 59.5 Å². The highest BCUT2D eigenvalue weighted by Crippen LogP contribution is 2.38. The van der Waals surface area contributed by atoms with Crippen LogP contribution in [0.4, 0.5) is 0 Å². The van der Waals surface area contributed by atoms with E-state index in [1.165, 1.54) is 0 Å². The van der Waals surface area contributed by atoms with Gasteiger partial charge in [0.2, 0.25) is 0 Å². The van der Waals surface area contributed by atoms with Crippen LogP contribution in [0.15, 0.2) is 12.1 Å². The topological polar surface area (TPSA) is 46.5 Å². The average Bonchev–Trinajstić information content (AvgIpc) is 2.22. The maximum atomic E-state index is 11.0. The number of benzene rings is 1. The van der Waals surface area contributed by atoms with Gasteiger partial charge in [-0.15, -0.1) is 0 Å². The van der Waals surface area contributed by atoms with Gasteiger partial charge in [0.25, 0.3) is 0 Å². The van der Waals surface area contributed by atoms with E-state index in [2.05, 4.69) is 0 Å². The molecule has 0 amide bonds. The third-order valence-corrected chi connectivity index (χ3v) is 3.35. The van der Waals surface area contributed by atoms with Gasteiger partial charge in [-0.3, -0.25) is 4.79 Å². The van der Waals surface area contributed by atoms with Crippen molar-refractivity contribution in [1.82, 2.24) is 0 Å². The molecule has 0 aromatic heterocycles. The highest BCUT2D eigenvalue weighted by atomic mass is 16.5. The lowest BCUT2D eigenvalue weighted by Gasteiger charge is -2.28. The van der Waals surface area contributed by atoms with E-state index < -0.39 is 11.4 Å². The van der Waals surface area contributed by atoms with Crippen LogP contribution in [-0.2, 0) is 10.2 Å². The maximum Gasteiger partial charge on any atom is 0.304 e. The molecule has 0 bridgehead atoms. The molecule has 3 heteroatoms. The minimum Gasteiger partial charge on any atom is -0.490 e. The number of carboxylic acids is 1. The van der Waals surface area contributed by atoms with Crippen molar-refractivity contribution in [3.8, 4) is 5.75 Å². The number of aryl methyl sites for hydroxylation is 1. The second-order valence-electron chi connectivity index (χ2n) is 6.01. The minimum absolute atomic E-state index is 0.0693. The van der Waals surface area contributed by atoms with E-state index in [1.807, 2.05) is 53.7 Å². The number of carboxylic acid groups (broad SMARTS) is 1. The molecule has 3 nitrogen and oxygen atoms in total. The Labute approximate surface area is 115 Å². The molecule has 0 heterocycles. The molecule has 0 unspecified atom stereocenters. The monoisotopic (exact) mass is 264 g/mol. The van der Waals surface area contributed by atoms with Crippen LogP contribution in [0.25, 0.3) is 0 Å². The van der Waals surface area contributed by atoms with E-state index in [0.29, 0.717) is 0 Å². The van der Waals surface area contributed by atoms with E-state index in [-0.39, 0.29) is 12.5 Å². The summed E-state index contributed by atoms with van der Waals surface area (Å²) in [4.78, 5) is 11.0. The summed E-state index contributed by atoms with van der Waals surface area (Å²) in [5.74, 6) is 0.0416. The molecule has 1 aromatic carbocycles. The van der Waals surface area contributed by atoms with Crippen LogP contribution in [0, 0.1) is 13.8 Å². The molecule has 0 saturated heterocycles. The fraction of sp³-hybridized carbons (Fsp3) is 0.562. The summed E-state index contributed by atoms with van der Waals surface area (Å²) in [6.45, 7) is 11.9. The van der Waals surface area contributed by atoms with Gasteiger partial charge in [-0.25, -0.2) is 0 Å². The van der Waals surface area contributed by atoms with Crippen molar-refractivity contribution >= 4 is 5.97 Å². The standard InChI is InChI=1S/C16H24O3/c1-10(2)19-15-12(4)11(3)7-8-13(15)16(5,6)9-14(17)18/h7-8,10H,9H2,1-6H3,(H,17,18). The summed E-state index contributed by atoms with van der Waals surface area (Å²) in [6, 6.07) is 4.02. The van der Waals surface area contributed by atoms with Crippen LogP contribution in [0.2, 0.25) is 0 Å². The Morgan fingerprint density at radius 2 is 1.89 bits per heavy atom. The summed E-state index contributed by atoms with van der Waals surface area (Å²) < 4.78 is 5.93. The molecule has 1 rings (SSSR count). The van der Waals surface area contributed by atoms with Gasteiger partial charge in [0.15, 0.2) is 0 Å². The lowest BCUT2D eigenvalue weighted by molar-refractivity contribution is -0.138. The fourth-order valence-electron chi connectivity index (χ4n) is 2.18. The summed E-state index contributed by atoms with van der Waals surface area (Å²) in [6.07, 6.45) is 0.157. The van der Waals surface area contributed by atoms with E-state index >= 15 is 0 Å². The number of hydrogen-bond donors (Lipinski definition) is 1. The Morgan fingerprint density at radius 3 is 2.37 bits per heavy atom. The zero-order valence-electron chi connectivity index (χ0n) is 12.7. The smallest absolute Gasteiger partial charge is 0.304 e. The lowest BCUT2D eigenvalue weighted by Crippen LogP contribution is -2.24. The first kappa shape index (κ1) is 15.5. The molecule has 19 heavy (non-hydrogen) atoms. The van der Waals surface area contributed by atoms with Crippen molar-refractivity contribution < 1.29 is 14.6 Å². The number of hydrogen-bond acceptors (Lipinski definition) is 2. The first-order valence-electron chi connectivity index (χ1n) is 6.64. The second-order valence-corrected chi connectivity index (χ2v) is 6.01. The summed E-state index contributed by atoms with van der Waals surface area (Å²) in [7, 11) is 0. The van der Waals surface area contributed by atoms with Crippen LogP contribution in [-0.4, -0.2) is 17.2 Å². The van der Waals surface area contributed by atoms with Crippen LogP contribution < -0.4 is 4.74 Å². The molecule has 1 N–H and O–H groups in total. The van der Waals surface area contributed by atoms with Crippen molar-refractivity contribution in [1.29, 1.82) is 0 Å². The Hall–Kier alpha value is -1.51. The van der Waals surface area contributed by atoms with Crippen molar-refractivity contribution in [3.05, 3.63) is 28.8 Å². The van der Waals surface area contributed by atoms with Crippen LogP contribution in [0.5, 0.6) is 5.75 Å². The van der Waals surface area contributed by atoms with E-state index in [9.17, 15) is 4.79 Å². The predicted molar refractivity (Wildman–Crippen MR) is 77.0 cm³/mol. The number of carbonyl (C=O) groups is 1. The second kappa shape index (κ2) is 5.64. The van der Waals surface area contributed by atoms with Crippen molar-refractivity contribution in [2.24, 2.45) is 0 Å².